The Morgan fingerprint density at radius 2 is 1.94 bits per heavy atom. The Hall–Kier alpha value is -2.68. The van der Waals surface area contributed by atoms with Crippen LogP contribution >= 0.6 is 11.3 Å². The average molecular weight is 453 g/mol. The maximum atomic E-state index is 6.34. The Balaban J connectivity index is 1.46. The third-order valence-electron chi connectivity index (χ3n) is 5.97. The van der Waals surface area contributed by atoms with E-state index in [0.717, 1.165) is 62.1 Å². The van der Waals surface area contributed by atoms with Gasteiger partial charge >= 0.3 is 0 Å². The van der Waals surface area contributed by atoms with Crippen molar-refractivity contribution in [2.45, 2.75) is 26.4 Å². The molecule has 7 nitrogen and oxygen atoms in total. The first-order valence-electron chi connectivity index (χ1n) is 11.0. The molecule has 0 bridgehead atoms. The summed E-state index contributed by atoms with van der Waals surface area (Å²) in [7, 11) is 1.66. The van der Waals surface area contributed by atoms with Gasteiger partial charge in [-0.15, -0.1) is 11.3 Å². The van der Waals surface area contributed by atoms with E-state index in [1.54, 1.807) is 7.11 Å². The third-order valence-corrected chi connectivity index (χ3v) is 6.98. The van der Waals surface area contributed by atoms with Crippen LogP contribution in [-0.2, 0) is 24.2 Å². The highest BCUT2D eigenvalue weighted by Crippen LogP contribution is 2.33. The zero-order valence-corrected chi connectivity index (χ0v) is 19.4. The highest BCUT2D eigenvalue weighted by molar-refractivity contribution is 7.10. The van der Waals surface area contributed by atoms with E-state index in [9.17, 15) is 0 Å². The third kappa shape index (κ3) is 4.57. The predicted molar refractivity (Wildman–Crippen MR) is 125 cm³/mol. The van der Waals surface area contributed by atoms with Gasteiger partial charge in [-0.2, -0.15) is 4.98 Å². The van der Waals surface area contributed by atoms with E-state index in [2.05, 4.69) is 28.2 Å². The molecule has 0 N–H and O–H groups in total. The van der Waals surface area contributed by atoms with Crippen molar-refractivity contribution in [3.63, 3.8) is 0 Å². The minimum atomic E-state index is 0.636. The lowest BCUT2D eigenvalue weighted by atomic mass is 10.1. The molecule has 0 amide bonds. The van der Waals surface area contributed by atoms with E-state index in [0.29, 0.717) is 24.8 Å². The molecule has 0 unspecified atom stereocenters. The highest BCUT2D eigenvalue weighted by atomic mass is 32.1. The fourth-order valence-corrected chi connectivity index (χ4v) is 5.04. The highest BCUT2D eigenvalue weighted by Gasteiger charge is 2.26. The van der Waals surface area contributed by atoms with Crippen molar-refractivity contribution < 1.29 is 14.2 Å². The second-order valence-corrected chi connectivity index (χ2v) is 9.12. The molecule has 4 heterocycles. The minimum Gasteiger partial charge on any atom is -0.497 e. The molecular formula is C24H28N4O3S. The maximum Gasteiger partial charge on any atom is 0.229 e. The lowest BCUT2D eigenvalue weighted by Crippen LogP contribution is -2.38. The molecule has 5 rings (SSSR count). The summed E-state index contributed by atoms with van der Waals surface area (Å²) >= 11 is 1.82. The van der Waals surface area contributed by atoms with Gasteiger partial charge in [-0.25, -0.2) is 4.98 Å². The second-order valence-electron chi connectivity index (χ2n) is 8.12. The van der Waals surface area contributed by atoms with Crippen LogP contribution in [0.25, 0.3) is 0 Å². The van der Waals surface area contributed by atoms with Gasteiger partial charge in [-0.3, -0.25) is 4.90 Å². The molecule has 2 aliphatic rings. The van der Waals surface area contributed by atoms with E-state index >= 15 is 0 Å². The van der Waals surface area contributed by atoms with E-state index in [1.165, 1.54) is 10.4 Å². The minimum absolute atomic E-state index is 0.636. The van der Waals surface area contributed by atoms with E-state index < -0.39 is 0 Å². The normalized spacial score (nSPS) is 16.6. The number of thiophene rings is 1. The van der Waals surface area contributed by atoms with Crippen LogP contribution in [0.15, 0.2) is 35.7 Å². The molecule has 0 atom stereocenters. The molecule has 0 spiro atoms. The van der Waals surface area contributed by atoms with Crippen molar-refractivity contribution in [2.24, 2.45) is 0 Å². The van der Waals surface area contributed by atoms with Crippen molar-refractivity contribution in [3.05, 3.63) is 57.4 Å². The number of benzene rings is 1. The summed E-state index contributed by atoms with van der Waals surface area (Å²) in [5.41, 5.74) is 3.51. The van der Waals surface area contributed by atoms with Gasteiger partial charge in [0, 0.05) is 50.1 Å². The predicted octanol–water partition coefficient (Wildman–Crippen LogP) is 4.04. The number of ether oxygens (including phenoxy) is 3. The first kappa shape index (κ1) is 21.2. The molecule has 1 aromatic carbocycles. The van der Waals surface area contributed by atoms with Gasteiger partial charge in [0.15, 0.2) is 0 Å². The molecule has 168 valence electrons. The van der Waals surface area contributed by atoms with Crippen LogP contribution in [0.4, 0.5) is 5.95 Å². The monoisotopic (exact) mass is 452 g/mol. The molecule has 1 fully saturated rings. The van der Waals surface area contributed by atoms with E-state index in [1.807, 2.05) is 35.6 Å². The molecule has 0 radical (unpaired) electrons. The molecule has 2 aromatic heterocycles. The van der Waals surface area contributed by atoms with Gasteiger partial charge < -0.3 is 19.1 Å². The zero-order valence-electron chi connectivity index (χ0n) is 18.5. The van der Waals surface area contributed by atoms with Gasteiger partial charge in [0.25, 0.3) is 0 Å². The number of hydrogen-bond donors (Lipinski definition) is 0. The van der Waals surface area contributed by atoms with Gasteiger partial charge in [-0.05, 0) is 36.1 Å². The van der Waals surface area contributed by atoms with Crippen LogP contribution in [0.5, 0.6) is 17.4 Å². The number of aromatic nitrogens is 2. The van der Waals surface area contributed by atoms with Gasteiger partial charge in [-0.1, -0.05) is 6.07 Å². The number of morpholine rings is 1. The van der Waals surface area contributed by atoms with Gasteiger partial charge in [0.05, 0.1) is 31.6 Å². The summed E-state index contributed by atoms with van der Waals surface area (Å²) in [4.78, 5) is 15.9. The number of methoxy groups -OCH3 is 1. The SMILES string of the molecule is COc1cccc(Oc2nc(N3CCOCC3)nc3c2CN(Cc2sccc2C)CC3)c1. The molecule has 1 saturated heterocycles. The average Bonchev–Trinajstić information content (AvgIpc) is 3.24. The Kier molecular flexibility index (Phi) is 6.25. The van der Waals surface area contributed by atoms with Gasteiger partial charge in [0.2, 0.25) is 11.8 Å². The lowest BCUT2D eigenvalue weighted by Gasteiger charge is -2.31. The molecular weight excluding hydrogens is 424 g/mol. The van der Waals surface area contributed by atoms with Crippen molar-refractivity contribution in [2.75, 3.05) is 44.9 Å². The van der Waals surface area contributed by atoms with E-state index in [4.69, 9.17) is 24.2 Å². The molecule has 32 heavy (non-hydrogen) atoms. The summed E-state index contributed by atoms with van der Waals surface area (Å²) in [5.74, 6) is 2.84. The maximum absolute atomic E-state index is 6.34. The first-order valence-corrected chi connectivity index (χ1v) is 11.9. The summed E-state index contributed by atoms with van der Waals surface area (Å²) < 4.78 is 17.2. The topological polar surface area (TPSA) is 60.0 Å². The Morgan fingerprint density at radius 3 is 2.72 bits per heavy atom. The van der Waals surface area contributed by atoms with Gasteiger partial charge in [0.1, 0.15) is 11.5 Å². The number of nitrogens with zero attached hydrogens (tertiary/aromatic N) is 4. The summed E-state index contributed by atoms with van der Waals surface area (Å²) in [6, 6.07) is 9.84. The standard InChI is InChI=1S/C24H28N4O3S/c1-17-7-13-32-22(17)16-27-8-6-21-20(15-27)23(31-19-5-3-4-18(14-19)29-2)26-24(25-21)28-9-11-30-12-10-28/h3-5,7,13-14H,6,8-12,15-16H2,1-2H3. The zero-order chi connectivity index (χ0) is 21.9. The smallest absolute Gasteiger partial charge is 0.229 e. The Bertz CT molecular complexity index is 1080. The number of rotatable bonds is 6. The van der Waals surface area contributed by atoms with Crippen LogP contribution in [0.1, 0.15) is 21.7 Å². The number of fused-ring (bicyclic) bond motifs is 1. The van der Waals surface area contributed by atoms with E-state index in [-0.39, 0.29) is 0 Å². The summed E-state index contributed by atoms with van der Waals surface area (Å²) in [6.07, 6.45) is 0.883. The first-order chi connectivity index (χ1) is 15.7. The van der Waals surface area contributed by atoms with Crippen LogP contribution in [-0.4, -0.2) is 54.8 Å². The van der Waals surface area contributed by atoms with Crippen molar-refractivity contribution in [3.8, 4) is 17.4 Å². The fraction of sp³-hybridized carbons (Fsp3) is 0.417. The van der Waals surface area contributed by atoms with Crippen LogP contribution < -0.4 is 14.4 Å². The number of aryl methyl sites for hydroxylation is 1. The summed E-state index contributed by atoms with van der Waals surface area (Å²) in [5, 5.41) is 2.16. The number of hydrogen-bond acceptors (Lipinski definition) is 8. The van der Waals surface area contributed by atoms with Crippen LogP contribution in [0, 0.1) is 6.92 Å². The van der Waals surface area contributed by atoms with Crippen molar-refractivity contribution >= 4 is 17.3 Å². The molecule has 0 aliphatic carbocycles. The fourth-order valence-electron chi connectivity index (χ4n) is 4.10. The molecule has 2 aliphatic heterocycles. The molecule has 8 heteroatoms. The quantitative estimate of drug-likeness (QED) is 0.559. The number of anilines is 1. The largest absolute Gasteiger partial charge is 0.497 e. The second kappa shape index (κ2) is 9.44. The lowest BCUT2D eigenvalue weighted by molar-refractivity contribution is 0.122. The Morgan fingerprint density at radius 1 is 1.09 bits per heavy atom. The van der Waals surface area contributed by atoms with Crippen molar-refractivity contribution in [1.82, 2.24) is 14.9 Å². The molecule has 0 saturated carbocycles. The van der Waals surface area contributed by atoms with Crippen molar-refractivity contribution in [1.29, 1.82) is 0 Å². The van der Waals surface area contributed by atoms with Crippen LogP contribution in [0.2, 0.25) is 0 Å². The summed E-state index contributed by atoms with van der Waals surface area (Å²) in [6.45, 7) is 7.84. The Labute approximate surface area is 192 Å². The molecule has 3 aromatic rings. The van der Waals surface area contributed by atoms with Crippen LogP contribution in [0.3, 0.4) is 0 Å².